The first-order valence-electron chi connectivity index (χ1n) is 9.65. The molecule has 0 aromatic heterocycles. The number of hydrogen-bond donors (Lipinski definition) is 1. The number of nitrogens with two attached hydrogens (primary N) is 1. The molecule has 2 N–H and O–H groups in total. The fraction of sp³-hybridized carbons (Fsp3) is 0.154. The lowest BCUT2D eigenvalue weighted by Gasteiger charge is -2.37. The molecule has 0 spiro atoms. The van der Waals surface area contributed by atoms with Gasteiger partial charge in [-0.05, 0) is 46.2 Å². The van der Waals surface area contributed by atoms with E-state index in [-0.39, 0.29) is 5.41 Å². The van der Waals surface area contributed by atoms with Crippen molar-refractivity contribution in [1.82, 2.24) is 0 Å². The van der Waals surface area contributed by atoms with Crippen LogP contribution in [0.2, 0.25) is 0 Å². The molecule has 1 heteroatoms. The summed E-state index contributed by atoms with van der Waals surface area (Å²) in [6, 6.07) is 28.2. The van der Waals surface area contributed by atoms with Gasteiger partial charge < -0.3 is 5.73 Å². The zero-order chi connectivity index (χ0) is 18.4. The van der Waals surface area contributed by atoms with Gasteiger partial charge in [-0.2, -0.15) is 0 Å². The minimum absolute atomic E-state index is 0.276. The summed E-state index contributed by atoms with van der Waals surface area (Å²) in [5, 5.41) is 0. The van der Waals surface area contributed by atoms with Gasteiger partial charge in [0.2, 0.25) is 0 Å². The molecule has 0 saturated carbocycles. The molecular formula is C26H23N. The van der Waals surface area contributed by atoms with E-state index in [1.807, 2.05) is 6.07 Å². The number of anilines is 1. The van der Waals surface area contributed by atoms with E-state index in [1.54, 1.807) is 0 Å². The second-order valence-corrected chi connectivity index (χ2v) is 7.68. The highest BCUT2D eigenvalue weighted by atomic mass is 14.6. The quantitative estimate of drug-likeness (QED) is 0.567. The van der Waals surface area contributed by atoms with Crippen molar-refractivity contribution >= 4 is 11.3 Å². The third-order valence-corrected chi connectivity index (χ3v) is 6.08. The van der Waals surface area contributed by atoms with Crippen molar-refractivity contribution < 1.29 is 0 Å². The van der Waals surface area contributed by atoms with E-state index in [0.29, 0.717) is 5.92 Å². The molecule has 3 aromatic rings. The Bertz CT molecular complexity index is 1020. The van der Waals surface area contributed by atoms with Crippen LogP contribution in [0.15, 0.2) is 96.6 Å². The van der Waals surface area contributed by atoms with Gasteiger partial charge in [-0.25, -0.2) is 0 Å². The van der Waals surface area contributed by atoms with E-state index in [4.69, 9.17) is 5.73 Å². The molecule has 2 aliphatic rings. The topological polar surface area (TPSA) is 26.0 Å². The largest absolute Gasteiger partial charge is 0.398 e. The highest BCUT2D eigenvalue weighted by molar-refractivity contribution is 5.95. The van der Waals surface area contributed by atoms with Crippen LogP contribution in [0, 0.1) is 5.92 Å². The van der Waals surface area contributed by atoms with Crippen LogP contribution in [0.4, 0.5) is 5.69 Å². The fourth-order valence-electron chi connectivity index (χ4n) is 5.00. The van der Waals surface area contributed by atoms with E-state index in [9.17, 15) is 0 Å². The van der Waals surface area contributed by atoms with Crippen molar-refractivity contribution in [2.24, 2.45) is 5.92 Å². The Morgan fingerprint density at radius 1 is 0.815 bits per heavy atom. The van der Waals surface area contributed by atoms with E-state index in [1.165, 1.54) is 33.4 Å². The molecule has 0 radical (unpaired) electrons. The Hall–Kier alpha value is -3.06. The zero-order valence-electron chi connectivity index (χ0n) is 15.5. The Kier molecular flexibility index (Phi) is 3.58. The van der Waals surface area contributed by atoms with Gasteiger partial charge in [0.1, 0.15) is 0 Å². The van der Waals surface area contributed by atoms with E-state index in [2.05, 4.69) is 91.9 Å². The van der Waals surface area contributed by atoms with Crippen molar-refractivity contribution in [3.8, 4) is 0 Å². The van der Waals surface area contributed by atoms with Crippen LogP contribution >= 0.6 is 0 Å². The van der Waals surface area contributed by atoms with Gasteiger partial charge in [-0.3, -0.25) is 0 Å². The lowest BCUT2D eigenvalue weighted by atomic mass is 9.65. The first-order chi connectivity index (χ1) is 13.2. The maximum Gasteiger partial charge on any atom is 0.0677 e. The average molecular weight is 349 g/mol. The molecule has 1 unspecified atom stereocenters. The van der Waals surface area contributed by atoms with E-state index < -0.39 is 0 Å². The Balaban J connectivity index is 1.95. The first-order valence-corrected chi connectivity index (χ1v) is 9.65. The van der Waals surface area contributed by atoms with Gasteiger partial charge in [0.25, 0.3) is 0 Å². The van der Waals surface area contributed by atoms with Gasteiger partial charge in [0.15, 0.2) is 0 Å². The smallest absolute Gasteiger partial charge is 0.0677 e. The van der Waals surface area contributed by atoms with E-state index in [0.717, 1.165) is 12.1 Å². The fourth-order valence-corrected chi connectivity index (χ4v) is 5.00. The van der Waals surface area contributed by atoms with Gasteiger partial charge in [-0.1, -0.05) is 91.9 Å². The molecule has 0 amide bonds. The Morgan fingerprint density at radius 2 is 1.44 bits per heavy atom. The highest BCUT2D eigenvalue weighted by Gasteiger charge is 2.48. The zero-order valence-corrected chi connectivity index (χ0v) is 15.5. The minimum Gasteiger partial charge on any atom is -0.398 e. The summed E-state index contributed by atoms with van der Waals surface area (Å²) < 4.78 is 0. The standard InChI is InChI=1S/C26H23N/c1-18-15-16-21-23(17-18)26(19-9-4-2-5-10-19,20-11-6-3-7-12-20)22-13-8-14-24(27)25(21)22/h2-16,18H,17,27H2,1H3. The van der Waals surface area contributed by atoms with Gasteiger partial charge in [0, 0.05) is 11.3 Å². The number of hydrogen-bond acceptors (Lipinski definition) is 1. The van der Waals surface area contributed by atoms with Crippen molar-refractivity contribution in [2.45, 2.75) is 18.8 Å². The van der Waals surface area contributed by atoms with Crippen LogP contribution in [0.3, 0.4) is 0 Å². The molecular weight excluding hydrogens is 326 g/mol. The van der Waals surface area contributed by atoms with Gasteiger partial charge in [-0.15, -0.1) is 0 Å². The maximum absolute atomic E-state index is 6.52. The van der Waals surface area contributed by atoms with E-state index >= 15 is 0 Å². The van der Waals surface area contributed by atoms with Crippen LogP contribution in [0.25, 0.3) is 5.57 Å². The summed E-state index contributed by atoms with van der Waals surface area (Å²) >= 11 is 0. The summed E-state index contributed by atoms with van der Waals surface area (Å²) in [6.45, 7) is 2.30. The number of nitrogen functional groups attached to an aromatic ring is 1. The Labute approximate surface area is 160 Å². The predicted molar refractivity (Wildman–Crippen MR) is 113 cm³/mol. The highest BCUT2D eigenvalue weighted by Crippen LogP contribution is 2.58. The molecule has 0 aliphatic heterocycles. The van der Waals surface area contributed by atoms with Crippen molar-refractivity contribution in [3.05, 3.63) is 119 Å². The molecule has 132 valence electrons. The number of rotatable bonds is 2. The number of allylic oxidation sites excluding steroid dienone is 4. The summed E-state index contributed by atoms with van der Waals surface area (Å²) in [4.78, 5) is 0. The predicted octanol–water partition coefficient (Wildman–Crippen LogP) is 5.97. The average Bonchev–Trinajstić information content (AvgIpc) is 3.01. The molecule has 27 heavy (non-hydrogen) atoms. The lowest BCUT2D eigenvalue weighted by Crippen LogP contribution is -2.31. The molecule has 1 nitrogen and oxygen atoms in total. The second-order valence-electron chi connectivity index (χ2n) is 7.68. The molecule has 3 aromatic carbocycles. The molecule has 0 saturated heterocycles. The minimum atomic E-state index is -0.276. The van der Waals surface area contributed by atoms with Gasteiger partial charge >= 0.3 is 0 Å². The Morgan fingerprint density at radius 3 is 2.07 bits per heavy atom. The number of benzene rings is 3. The van der Waals surface area contributed by atoms with Crippen molar-refractivity contribution in [3.63, 3.8) is 0 Å². The summed E-state index contributed by atoms with van der Waals surface area (Å²) in [6.07, 6.45) is 5.66. The molecule has 1 atom stereocenters. The summed E-state index contributed by atoms with van der Waals surface area (Å²) in [7, 11) is 0. The van der Waals surface area contributed by atoms with Crippen molar-refractivity contribution in [2.75, 3.05) is 5.73 Å². The summed E-state index contributed by atoms with van der Waals surface area (Å²) in [5.41, 5.74) is 15.1. The third kappa shape index (κ3) is 2.18. The van der Waals surface area contributed by atoms with Crippen LogP contribution in [-0.2, 0) is 5.41 Å². The molecule has 0 heterocycles. The van der Waals surface area contributed by atoms with Gasteiger partial charge in [0.05, 0.1) is 5.41 Å². The molecule has 0 fully saturated rings. The SMILES string of the molecule is CC1C=CC2=C(C1)C(c1ccccc1)(c1ccccc1)c1cccc(N)c12. The lowest BCUT2D eigenvalue weighted by molar-refractivity contribution is 0.622. The molecule has 5 rings (SSSR count). The van der Waals surface area contributed by atoms with Crippen LogP contribution in [0.5, 0.6) is 0 Å². The van der Waals surface area contributed by atoms with Crippen molar-refractivity contribution in [1.29, 1.82) is 0 Å². The normalized spacial score (nSPS) is 19.7. The van der Waals surface area contributed by atoms with Crippen LogP contribution in [0.1, 0.15) is 35.6 Å². The monoisotopic (exact) mass is 349 g/mol. The number of fused-ring (bicyclic) bond motifs is 2. The molecule has 0 bridgehead atoms. The first kappa shape index (κ1) is 16.1. The van der Waals surface area contributed by atoms with Crippen LogP contribution < -0.4 is 5.73 Å². The molecule has 2 aliphatic carbocycles. The third-order valence-electron chi connectivity index (χ3n) is 6.08. The van der Waals surface area contributed by atoms with Crippen LogP contribution in [-0.4, -0.2) is 0 Å². The second kappa shape index (κ2) is 5.99. The maximum atomic E-state index is 6.52. The summed E-state index contributed by atoms with van der Waals surface area (Å²) in [5.74, 6) is 0.520.